The van der Waals surface area contributed by atoms with E-state index in [9.17, 15) is 9.59 Å². The highest BCUT2D eigenvalue weighted by Gasteiger charge is 2.13. The second-order valence-corrected chi connectivity index (χ2v) is 3.26. The van der Waals surface area contributed by atoms with Crippen LogP contribution in [0.25, 0.3) is 0 Å². The third kappa shape index (κ3) is 4.98. The Bertz CT molecular complexity index is 379. The van der Waals surface area contributed by atoms with Gasteiger partial charge in [-0.1, -0.05) is 30.3 Å². The van der Waals surface area contributed by atoms with E-state index in [1.807, 2.05) is 23.7 Å². The van der Waals surface area contributed by atoms with E-state index in [1.165, 1.54) is 6.92 Å². The molecule has 0 aromatic heterocycles. The molecule has 6 nitrogen and oxygen atoms in total. The topological polar surface area (TPSA) is 84.9 Å². The number of ether oxygens (including phenoxy) is 1. The highest BCUT2D eigenvalue weighted by atomic mass is 16.7. The minimum Gasteiger partial charge on any atom is -0.479 e. The number of hydrogen-bond donors (Lipinski definition) is 2. The zero-order valence-electron chi connectivity index (χ0n) is 9.25. The van der Waals surface area contributed by atoms with Crippen molar-refractivity contribution < 1.29 is 24.3 Å². The summed E-state index contributed by atoms with van der Waals surface area (Å²) in [5.41, 5.74) is 2.72. The third-order valence-corrected chi connectivity index (χ3v) is 1.88. The molecule has 1 aromatic rings. The molecule has 1 amide bonds. The maximum absolute atomic E-state index is 11.1. The molecule has 92 valence electrons. The Balaban J connectivity index is 2.24. The fraction of sp³-hybridized carbons (Fsp3) is 0.273. The van der Waals surface area contributed by atoms with Crippen molar-refractivity contribution in [3.05, 3.63) is 35.9 Å². The molecule has 0 saturated heterocycles. The summed E-state index contributed by atoms with van der Waals surface area (Å²) in [6.07, 6.45) is -1.96. The van der Waals surface area contributed by atoms with Gasteiger partial charge in [-0.3, -0.25) is 4.84 Å². The third-order valence-electron chi connectivity index (χ3n) is 1.88. The van der Waals surface area contributed by atoms with Gasteiger partial charge in [0.2, 0.25) is 0 Å². The molecule has 6 heteroatoms. The summed E-state index contributed by atoms with van der Waals surface area (Å²) in [6.45, 7) is 1.39. The largest absolute Gasteiger partial charge is 0.479 e. The van der Waals surface area contributed by atoms with E-state index >= 15 is 0 Å². The van der Waals surface area contributed by atoms with Gasteiger partial charge in [0.15, 0.2) is 6.10 Å². The van der Waals surface area contributed by atoms with Gasteiger partial charge in [0.25, 0.3) is 0 Å². The summed E-state index contributed by atoms with van der Waals surface area (Å²) in [6, 6.07) is 9.09. The van der Waals surface area contributed by atoms with Gasteiger partial charge in [0.05, 0.1) is 0 Å². The molecule has 0 unspecified atom stereocenters. The summed E-state index contributed by atoms with van der Waals surface area (Å²) in [5.74, 6) is -1.17. The van der Waals surface area contributed by atoms with E-state index in [0.29, 0.717) is 0 Å². The quantitative estimate of drug-likeness (QED) is 0.757. The summed E-state index contributed by atoms with van der Waals surface area (Å²) in [4.78, 5) is 26.0. The average molecular weight is 239 g/mol. The maximum Gasteiger partial charge on any atom is 0.431 e. The van der Waals surface area contributed by atoms with Gasteiger partial charge in [-0.25, -0.2) is 9.59 Å². The van der Waals surface area contributed by atoms with Crippen LogP contribution in [0, 0.1) is 0 Å². The van der Waals surface area contributed by atoms with Crippen LogP contribution >= 0.6 is 0 Å². The smallest absolute Gasteiger partial charge is 0.431 e. The number of carbonyl (C=O) groups is 2. The zero-order valence-corrected chi connectivity index (χ0v) is 9.25. The molecule has 1 aromatic carbocycles. The van der Waals surface area contributed by atoms with Crippen LogP contribution in [0.4, 0.5) is 4.79 Å². The van der Waals surface area contributed by atoms with Gasteiger partial charge in [0, 0.05) is 0 Å². The van der Waals surface area contributed by atoms with Gasteiger partial charge in [-0.05, 0) is 12.5 Å². The zero-order chi connectivity index (χ0) is 12.7. The highest BCUT2D eigenvalue weighted by Crippen LogP contribution is 2.00. The molecule has 0 spiro atoms. The monoisotopic (exact) mass is 239 g/mol. The second kappa shape index (κ2) is 6.49. The number of rotatable bonds is 5. The first kappa shape index (κ1) is 13.0. The Morgan fingerprint density at radius 1 is 1.35 bits per heavy atom. The van der Waals surface area contributed by atoms with Gasteiger partial charge >= 0.3 is 12.1 Å². The van der Waals surface area contributed by atoms with Crippen molar-refractivity contribution in [2.45, 2.75) is 19.6 Å². The van der Waals surface area contributed by atoms with Crippen LogP contribution in [0.5, 0.6) is 0 Å². The normalized spacial score (nSPS) is 11.6. The van der Waals surface area contributed by atoms with Crippen molar-refractivity contribution in [1.29, 1.82) is 0 Å². The summed E-state index contributed by atoms with van der Waals surface area (Å²) < 4.78 is 4.79. The van der Waals surface area contributed by atoms with E-state index in [-0.39, 0.29) is 6.61 Å². The van der Waals surface area contributed by atoms with Gasteiger partial charge in [-0.15, -0.1) is 0 Å². The minimum atomic E-state index is -1.17. The van der Waals surface area contributed by atoms with Crippen molar-refractivity contribution in [2.75, 3.05) is 0 Å². The Morgan fingerprint density at radius 2 is 2.00 bits per heavy atom. The maximum atomic E-state index is 11.1. The number of hydrogen-bond acceptors (Lipinski definition) is 4. The molecule has 2 N–H and O–H groups in total. The van der Waals surface area contributed by atoms with E-state index < -0.39 is 18.2 Å². The first-order valence-electron chi connectivity index (χ1n) is 4.94. The molecule has 17 heavy (non-hydrogen) atoms. The van der Waals surface area contributed by atoms with Gasteiger partial charge < -0.3 is 9.84 Å². The number of carboxylic acids is 1. The molecule has 0 bridgehead atoms. The first-order valence-corrected chi connectivity index (χ1v) is 4.94. The molecule has 0 radical (unpaired) electrons. The van der Waals surface area contributed by atoms with Crippen LogP contribution < -0.4 is 5.48 Å². The number of benzene rings is 1. The number of aliphatic carboxylic acids is 1. The molecule has 1 rings (SSSR count). The van der Waals surface area contributed by atoms with E-state index in [2.05, 4.69) is 4.84 Å². The fourth-order valence-corrected chi connectivity index (χ4v) is 0.939. The minimum absolute atomic E-state index is 0.0947. The molecular weight excluding hydrogens is 226 g/mol. The Kier molecular flexibility index (Phi) is 4.96. The lowest BCUT2D eigenvalue weighted by atomic mass is 10.2. The SMILES string of the molecule is C[C@H](ONC(=O)OCc1ccccc1)C(=O)O. The second-order valence-electron chi connectivity index (χ2n) is 3.26. The number of hydroxylamine groups is 1. The highest BCUT2D eigenvalue weighted by molar-refractivity contribution is 5.72. The first-order chi connectivity index (χ1) is 8.09. The number of amides is 1. The Morgan fingerprint density at radius 3 is 2.59 bits per heavy atom. The Hall–Kier alpha value is -2.08. The van der Waals surface area contributed by atoms with Crippen LogP contribution in [-0.4, -0.2) is 23.3 Å². The molecule has 0 saturated carbocycles. The standard InChI is InChI=1S/C11H13NO5/c1-8(10(13)14)17-12-11(15)16-7-9-5-3-2-4-6-9/h2-6,8H,7H2,1H3,(H,12,15)(H,13,14)/t8-/m0/s1. The van der Waals surface area contributed by atoms with Crippen molar-refractivity contribution in [1.82, 2.24) is 5.48 Å². The van der Waals surface area contributed by atoms with Crippen LogP contribution in [0.3, 0.4) is 0 Å². The van der Waals surface area contributed by atoms with Crippen LogP contribution in [-0.2, 0) is 21.0 Å². The summed E-state index contributed by atoms with van der Waals surface area (Å²) in [5, 5.41) is 8.49. The molecule has 0 aliphatic heterocycles. The van der Waals surface area contributed by atoms with E-state index in [1.54, 1.807) is 12.1 Å². The summed E-state index contributed by atoms with van der Waals surface area (Å²) >= 11 is 0. The van der Waals surface area contributed by atoms with Crippen molar-refractivity contribution in [3.63, 3.8) is 0 Å². The molecule has 0 fully saturated rings. The summed E-state index contributed by atoms with van der Waals surface area (Å²) in [7, 11) is 0. The Labute approximate surface area is 98.1 Å². The van der Waals surface area contributed by atoms with Crippen molar-refractivity contribution in [2.24, 2.45) is 0 Å². The van der Waals surface area contributed by atoms with Crippen molar-refractivity contribution >= 4 is 12.1 Å². The van der Waals surface area contributed by atoms with Crippen LogP contribution in [0.2, 0.25) is 0 Å². The van der Waals surface area contributed by atoms with Crippen LogP contribution in [0.1, 0.15) is 12.5 Å². The molecule has 0 heterocycles. The number of nitrogens with one attached hydrogen (secondary N) is 1. The van der Waals surface area contributed by atoms with Gasteiger partial charge in [-0.2, -0.15) is 5.48 Å². The fourth-order valence-electron chi connectivity index (χ4n) is 0.939. The number of carbonyl (C=O) groups excluding carboxylic acids is 1. The lowest BCUT2D eigenvalue weighted by Crippen LogP contribution is -2.32. The van der Waals surface area contributed by atoms with Gasteiger partial charge in [0.1, 0.15) is 6.61 Å². The predicted octanol–water partition coefficient (Wildman–Crippen LogP) is 1.32. The number of carboxylic acid groups (broad SMARTS) is 1. The molecule has 0 aliphatic carbocycles. The lowest BCUT2D eigenvalue weighted by molar-refractivity contribution is -0.153. The lowest BCUT2D eigenvalue weighted by Gasteiger charge is -2.09. The van der Waals surface area contributed by atoms with Crippen molar-refractivity contribution in [3.8, 4) is 0 Å². The molecule has 1 atom stereocenters. The molecule has 0 aliphatic rings. The average Bonchev–Trinajstić information content (AvgIpc) is 2.34. The predicted molar refractivity (Wildman–Crippen MR) is 57.9 cm³/mol. The van der Waals surface area contributed by atoms with Crippen LogP contribution in [0.15, 0.2) is 30.3 Å². The van der Waals surface area contributed by atoms with E-state index in [0.717, 1.165) is 5.56 Å². The van der Waals surface area contributed by atoms with E-state index in [4.69, 9.17) is 9.84 Å². The molecular formula is C11H13NO5.